The zero-order chi connectivity index (χ0) is 22.5. The topological polar surface area (TPSA) is 128 Å². The highest BCUT2D eigenvalue weighted by atomic mass is 32.1. The molecule has 2 aromatic rings. The number of hydrogen-bond donors (Lipinski definition) is 2. The number of hydrogen-bond acceptors (Lipinski definition) is 7. The average Bonchev–Trinajstić information content (AvgIpc) is 3.35. The third kappa shape index (κ3) is 5.21. The third-order valence-corrected chi connectivity index (χ3v) is 5.58. The molecule has 1 saturated heterocycles. The number of rotatable bonds is 8. The van der Waals surface area contributed by atoms with E-state index in [0.717, 1.165) is 11.3 Å². The average molecular weight is 445 g/mol. The van der Waals surface area contributed by atoms with Crippen molar-refractivity contribution in [2.24, 2.45) is 11.7 Å². The Morgan fingerprint density at radius 1 is 1.26 bits per heavy atom. The van der Waals surface area contributed by atoms with Gasteiger partial charge >= 0.3 is 5.97 Å². The molecular formula is C21H23N3O6S. The van der Waals surface area contributed by atoms with Gasteiger partial charge in [-0.15, -0.1) is 11.3 Å². The van der Waals surface area contributed by atoms with Crippen LogP contribution in [0.3, 0.4) is 0 Å². The molecule has 3 N–H and O–H groups in total. The Bertz CT molecular complexity index is 987. The fraction of sp³-hybridized carbons (Fsp3) is 0.333. The number of primary amides is 1. The van der Waals surface area contributed by atoms with Gasteiger partial charge in [0.15, 0.2) is 6.10 Å². The van der Waals surface area contributed by atoms with Crippen LogP contribution in [0, 0.1) is 5.92 Å². The van der Waals surface area contributed by atoms with Crippen LogP contribution in [0.4, 0.5) is 10.7 Å². The molecule has 0 spiro atoms. The smallest absolute Gasteiger partial charge is 0.312 e. The number of nitrogens with two attached hydrogens (primary N) is 1. The number of anilines is 2. The van der Waals surface area contributed by atoms with Crippen LogP contribution in [-0.4, -0.2) is 42.9 Å². The molecule has 2 atom stereocenters. The minimum absolute atomic E-state index is 0.00285. The summed E-state index contributed by atoms with van der Waals surface area (Å²) in [5, 5.41) is 4.45. The maximum absolute atomic E-state index is 12.5. The van der Waals surface area contributed by atoms with Gasteiger partial charge in [-0.25, -0.2) is 0 Å². The summed E-state index contributed by atoms with van der Waals surface area (Å²) in [6.07, 6.45) is -1.11. The van der Waals surface area contributed by atoms with Gasteiger partial charge in [-0.3, -0.25) is 19.2 Å². The lowest BCUT2D eigenvalue weighted by Crippen LogP contribution is -2.33. The predicted molar refractivity (Wildman–Crippen MR) is 115 cm³/mol. The molecule has 31 heavy (non-hydrogen) atoms. The predicted octanol–water partition coefficient (Wildman–Crippen LogP) is 2.17. The van der Waals surface area contributed by atoms with E-state index in [1.165, 1.54) is 17.9 Å². The first-order valence-corrected chi connectivity index (χ1v) is 10.6. The van der Waals surface area contributed by atoms with Crippen molar-refractivity contribution < 1.29 is 28.7 Å². The Labute approximate surface area is 183 Å². The Hall–Kier alpha value is -3.40. The molecule has 2 heterocycles. The van der Waals surface area contributed by atoms with Crippen molar-refractivity contribution >= 4 is 45.7 Å². The lowest BCUT2D eigenvalue weighted by molar-refractivity contribution is -0.157. The van der Waals surface area contributed by atoms with Crippen molar-refractivity contribution in [3.8, 4) is 5.75 Å². The van der Waals surface area contributed by atoms with Crippen molar-refractivity contribution in [3.05, 3.63) is 41.3 Å². The summed E-state index contributed by atoms with van der Waals surface area (Å²) in [6, 6.07) is 8.52. The van der Waals surface area contributed by atoms with Gasteiger partial charge in [-0.1, -0.05) is 0 Å². The summed E-state index contributed by atoms with van der Waals surface area (Å²) in [7, 11) is 0. The van der Waals surface area contributed by atoms with Crippen molar-refractivity contribution in [3.63, 3.8) is 0 Å². The van der Waals surface area contributed by atoms with E-state index in [1.54, 1.807) is 29.6 Å². The molecule has 3 amide bonds. The maximum Gasteiger partial charge on any atom is 0.312 e. The molecule has 1 aliphatic rings. The van der Waals surface area contributed by atoms with Crippen LogP contribution < -0.4 is 20.7 Å². The first-order valence-electron chi connectivity index (χ1n) is 9.72. The highest BCUT2D eigenvalue weighted by molar-refractivity contribution is 7.14. The monoisotopic (exact) mass is 445 g/mol. The summed E-state index contributed by atoms with van der Waals surface area (Å²) in [6.45, 7) is 4.01. The maximum atomic E-state index is 12.5. The van der Waals surface area contributed by atoms with Gasteiger partial charge in [0, 0.05) is 18.7 Å². The second-order valence-electron chi connectivity index (χ2n) is 6.93. The number of nitrogens with one attached hydrogen (secondary N) is 1. The van der Waals surface area contributed by atoms with Gasteiger partial charge in [0.05, 0.1) is 18.1 Å². The molecule has 1 aromatic carbocycles. The molecule has 2 unspecified atom stereocenters. The molecule has 0 aliphatic carbocycles. The van der Waals surface area contributed by atoms with E-state index in [2.05, 4.69) is 5.32 Å². The van der Waals surface area contributed by atoms with E-state index in [-0.39, 0.29) is 29.4 Å². The first-order chi connectivity index (χ1) is 14.8. The largest absolute Gasteiger partial charge is 0.494 e. The van der Waals surface area contributed by atoms with Gasteiger partial charge < -0.3 is 25.4 Å². The quantitative estimate of drug-likeness (QED) is 0.600. The second kappa shape index (κ2) is 9.61. The molecule has 0 saturated carbocycles. The summed E-state index contributed by atoms with van der Waals surface area (Å²) in [4.78, 5) is 50.1. The Morgan fingerprint density at radius 3 is 2.61 bits per heavy atom. The standard InChI is InChI=1S/C21H23N3O6S/c1-3-29-15-6-4-14(5-7-15)24-11-13(10-17(24)25)21(28)30-12(2)19(27)23-20-16(18(22)26)8-9-31-20/h4-9,12-13H,3,10-11H2,1-2H3,(H2,22,26)(H,23,27). The van der Waals surface area contributed by atoms with Gasteiger partial charge in [-0.2, -0.15) is 0 Å². The molecule has 0 radical (unpaired) electrons. The number of ether oxygens (including phenoxy) is 2. The Morgan fingerprint density at radius 2 is 1.97 bits per heavy atom. The number of carbonyl (C=O) groups excluding carboxylic acids is 4. The van der Waals surface area contributed by atoms with Crippen LogP contribution in [0.15, 0.2) is 35.7 Å². The normalized spacial score (nSPS) is 16.6. The highest BCUT2D eigenvalue weighted by Crippen LogP contribution is 2.28. The molecular weight excluding hydrogens is 422 g/mol. The lowest BCUT2D eigenvalue weighted by atomic mass is 10.1. The molecule has 164 valence electrons. The van der Waals surface area contributed by atoms with Gasteiger partial charge in [0.1, 0.15) is 10.8 Å². The van der Waals surface area contributed by atoms with Crippen LogP contribution in [0.2, 0.25) is 0 Å². The summed E-state index contributed by atoms with van der Waals surface area (Å²) in [5.41, 5.74) is 6.10. The van der Waals surface area contributed by atoms with Crippen molar-refractivity contribution in [2.45, 2.75) is 26.4 Å². The van der Waals surface area contributed by atoms with Gasteiger partial charge in [-0.05, 0) is 49.6 Å². The number of amides is 3. The lowest BCUT2D eigenvalue weighted by Gasteiger charge is -2.18. The molecule has 1 fully saturated rings. The van der Waals surface area contributed by atoms with Crippen LogP contribution in [0.25, 0.3) is 0 Å². The molecule has 1 aromatic heterocycles. The number of benzene rings is 1. The van der Waals surface area contributed by atoms with Crippen molar-refractivity contribution in [1.82, 2.24) is 0 Å². The SMILES string of the molecule is CCOc1ccc(N2CC(C(=O)OC(C)C(=O)Nc3sccc3C(N)=O)CC2=O)cc1. The fourth-order valence-corrected chi connectivity index (χ4v) is 3.94. The van der Waals surface area contributed by atoms with E-state index in [1.807, 2.05) is 6.92 Å². The van der Waals surface area contributed by atoms with E-state index in [4.69, 9.17) is 15.2 Å². The van der Waals surface area contributed by atoms with Crippen molar-refractivity contribution in [1.29, 1.82) is 0 Å². The van der Waals surface area contributed by atoms with Crippen LogP contribution in [0.1, 0.15) is 30.6 Å². The van der Waals surface area contributed by atoms with Crippen LogP contribution >= 0.6 is 11.3 Å². The van der Waals surface area contributed by atoms with Gasteiger partial charge in [0.25, 0.3) is 11.8 Å². The summed E-state index contributed by atoms with van der Waals surface area (Å²) < 4.78 is 10.7. The number of esters is 1. The van der Waals surface area contributed by atoms with Gasteiger partial charge in [0.2, 0.25) is 5.91 Å². The van der Waals surface area contributed by atoms with Crippen molar-refractivity contribution in [2.75, 3.05) is 23.4 Å². The molecule has 1 aliphatic heterocycles. The number of thiophene rings is 1. The number of nitrogens with zero attached hydrogens (tertiary/aromatic N) is 1. The Balaban J connectivity index is 1.57. The first kappa shape index (κ1) is 22.3. The number of carbonyl (C=O) groups is 4. The summed E-state index contributed by atoms with van der Waals surface area (Å²) >= 11 is 1.14. The second-order valence-corrected chi connectivity index (χ2v) is 7.84. The molecule has 3 rings (SSSR count). The zero-order valence-corrected chi connectivity index (χ0v) is 17.9. The van der Waals surface area contributed by atoms with Crippen LogP contribution in [0.5, 0.6) is 5.75 Å². The minimum atomic E-state index is -1.11. The molecule has 10 heteroatoms. The van der Waals surface area contributed by atoms with E-state index >= 15 is 0 Å². The van der Waals surface area contributed by atoms with Crippen LogP contribution in [-0.2, 0) is 19.1 Å². The van der Waals surface area contributed by atoms with E-state index < -0.39 is 29.8 Å². The van der Waals surface area contributed by atoms with E-state index in [9.17, 15) is 19.2 Å². The minimum Gasteiger partial charge on any atom is -0.494 e. The fourth-order valence-electron chi connectivity index (χ4n) is 3.14. The Kier molecular flexibility index (Phi) is 6.91. The van der Waals surface area contributed by atoms with E-state index in [0.29, 0.717) is 18.0 Å². The highest BCUT2D eigenvalue weighted by Gasteiger charge is 2.37. The third-order valence-electron chi connectivity index (χ3n) is 4.75. The zero-order valence-electron chi connectivity index (χ0n) is 17.1. The molecule has 9 nitrogen and oxygen atoms in total. The summed E-state index contributed by atoms with van der Waals surface area (Å²) in [5.74, 6) is -2.08. The molecule has 0 bridgehead atoms.